The molecule has 0 spiro atoms. The van der Waals surface area contributed by atoms with Crippen molar-refractivity contribution in [1.82, 2.24) is 0 Å². The number of hydrogen-bond acceptors (Lipinski definition) is 4. The normalized spacial score (nSPS) is 9.00. The number of rotatable bonds is 2. The van der Waals surface area contributed by atoms with Gasteiger partial charge in [-0.1, -0.05) is 0 Å². The Balaban J connectivity index is 3.41. The molecule has 74 valence electrons. The molecule has 0 saturated heterocycles. The number of nitro benzene ring substituents is 1. The van der Waals surface area contributed by atoms with E-state index < -0.39 is 4.92 Å². The summed E-state index contributed by atoms with van der Waals surface area (Å²) in [6.07, 6.45) is 0.0653. The van der Waals surface area contributed by atoms with E-state index >= 15 is 0 Å². The number of benzene rings is 1. The molecule has 1 aromatic carbocycles. The van der Waals surface area contributed by atoms with Crippen LogP contribution in [0.25, 0.3) is 0 Å². The summed E-state index contributed by atoms with van der Waals surface area (Å²) in [6.45, 7) is 1.52. The van der Waals surface area contributed by atoms with Gasteiger partial charge >= 0.3 is 0 Å². The molecule has 0 saturated carbocycles. The first kappa shape index (κ1) is 10.7. The van der Waals surface area contributed by atoms with Crippen molar-refractivity contribution in [3.63, 3.8) is 0 Å². The second-order valence-corrected chi connectivity index (χ2v) is 2.99. The van der Waals surface area contributed by atoms with Gasteiger partial charge in [-0.25, -0.2) is 0 Å². The van der Waals surface area contributed by atoms with Crippen molar-refractivity contribution < 1.29 is 4.92 Å². The smallest absolute Gasteiger partial charge is 0.258 e. The second-order valence-electron chi connectivity index (χ2n) is 2.99. The Morgan fingerprint density at radius 2 is 2.13 bits per heavy atom. The molecule has 0 unspecified atom stereocenters. The fourth-order valence-electron chi connectivity index (χ4n) is 1.26. The number of nitrogens with zero attached hydrogens (tertiary/aromatic N) is 3. The van der Waals surface area contributed by atoms with Gasteiger partial charge in [0, 0.05) is 11.6 Å². The summed E-state index contributed by atoms with van der Waals surface area (Å²) in [5, 5.41) is 27.9. The summed E-state index contributed by atoms with van der Waals surface area (Å²) in [5.74, 6) is 0. The maximum Gasteiger partial charge on any atom is 0.273 e. The zero-order valence-corrected chi connectivity index (χ0v) is 8.02. The molecule has 0 radical (unpaired) electrons. The van der Waals surface area contributed by atoms with E-state index in [1.54, 1.807) is 0 Å². The van der Waals surface area contributed by atoms with Crippen LogP contribution in [0.1, 0.15) is 16.7 Å². The van der Waals surface area contributed by atoms with E-state index in [4.69, 9.17) is 10.5 Å². The summed E-state index contributed by atoms with van der Waals surface area (Å²) in [5.41, 5.74) is 0.962. The third-order valence-corrected chi connectivity index (χ3v) is 2.04. The van der Waals surface area contributed by atoms with Gasteiger partial charge in [0.05, 0.1) is 29.0 Å². The molecule has 15 heavy (non-hydrogen) atoms. The van der Waals surface area contributed by atoms with E-state index in [9.17, 15) is 10.1 Å². The van der Waals surface area contributed by atoms with Crippen LogP contribution in [0.15, 0.2) is 12.1 Å². The Bertz CT molecular complexity index is 495. The maximum absolute atomic E-state index is 10.7. The summed E-state index contributed by atoms with van der Waals surface area (Å²) in [6, 6.07) is 6.60. The van der Waals surface area contributed by atoms with Crippen LogP contribution in [0, 0.1) is 39.7 Å². The predicted molar refractivity (Wildman–Crippen MR) is 51.9 cm³/mol. The minimum atomic E-state index is -0.545. The highest BCUT2D eigenvalue weighted by molar-refractivity contribution is 5.53. The lowest BCUT2D eigenvalue weighted by Crippen LogP contribution is -1.97. The van der Waals surface area contributed by atoms with Crippen molar-refractivity contribution >= 4 is 5.69 Å². The number of nitriles is 2. The number of nitro groups is 1. The lowest BCUT2D eigenvalue weighted by molar-refractivity contribution is -0.385. The fourth-order valence-corrected chi connectivity index (χ4v) is 1.26. The fraction of sp³-hybridized carbons (Fsp3) is 0.200. The Morgan fingerprint density at radius 3 is 2.60 bits per heavy atom. The minimum absolute atomic E-state index is 0.0653. The SMILES string of the molecule is Cc1c(C#N)cc(CC#N)cc1[N+](=O)[O-]. The second kappa shape index (κ2) is 4.21. The van der Waals surface area contributed by atoms with Gasteiger partial charge in [0.25, 0.3) is 5.69 Å². The van der Waals surface area contributed by atoms with Gasteiger partial charge < -0.3 is 0 Å². The van der Waals surface area contributed by atoms with E-state index in [1.807, 2.05) is 12.1 Å². The monoisotopic (exact) mass is 201 g/mol. The topological polar surface area (TPSA) is 90.7 Å². The van der Waals surface area contributed by atoms with Gasteiger partial charge in [0.1, 0.15) is 0 Å². The lowest BCUT2D eigenvalue weighted by Gasteiger charge is -2.01. The maximum atomic E-state index is 10.7. The molecule has 0 atom stereocenters. The average molecular weight is 201 g/mol. The van der Waals surface area contributed by atoms with E-state index in [2.05, 4.69) is 0 Å². The van der Waals surface area contributed by atoms with Crippen molar-refractivity contribution in [2.45, 2.75) is 13.3 Å². The minimum Gasteiger partial charge on any atom is -0.258 e. The standard InChI is InChI=1S/C10H7N3O2/c1-7-9(6-12)4-8(2-3-11)5-10(7)13(14)15/h4-5H,2H2,1H3. The van der Waals surface area contributed by atoms with Crippen LogP contribution < -0.4 is 0 Å². The van der Waals surface area contributed by atoms with Crippen molar-refractivity contribution in [3.8, 4) is 12.1 Å². The molecular formula is C10H7N3O2. The van der Waals surface area contributed by atoms with Gasteiger partial charge in [-0.15, -0.1) is 0 Å². The first-order valence-corrected chi connectivity index (χ1v) is 4.15. The van der Waals surface area contributed by atoms with Crippen LogP contribution in [0.2, 0.25) is 0 Å². The molecule has 5 heteroatoms. The Hall–Kier alpha value is -2.40. The zero-order chi connectivity index (χ0) is 11.4. The molecule has 0 aliphatic carbocycles. The van der Waals surface area contributed by atoms with Crippen LogP contribution in [0.4, 0.5) is 5.69 Å². The van der Waals surface area contributed by atoms with Crippen LogP contribution in [0.5, 0.6) is 0 Å². The van der Waals surface area contributed by atoms with Crippen molar-refractivity contribution in [2.24, 2.45) is 0 Å². The van der Waals surface area contributed by atoms with Crippen LogP contribution in [-0.2, 0) is 6.42 Å². The van der Waals surface area contributed by atoms with Gasteiger partial charge in [-0.2, -0.15) is 10.5 Å². The lowest BCUT2D eigenvalue weighted by atomic mass is 10.0. The van der Waals surface area contributed by atoms with E-state index in [1.165, 1.54) is 19.1 Å². The summed E-state index contributed by atoms with van der Waals surface area (Å²) in [7, 11) is 0. The average Bonchev–Trinajstić information content (AvgIpc) is 2.20. The first-order chi connectivity index (χ1) is 7.10. The Morgan fingerprint density at radius 1 is 1.47 bits per heavy atom. The van der Waals surface area contributed by atoms with Crippen LogP contribution in [-0.4, -0.2) is 4.92 Å². The van der Waals surface area contributed by atoms with Crippen molar-refractivity contribution in [2.75, 3.05) is 0 Å². The highest BCUT2D eigenvalue weighted by Gasteiger charge is 2.15. The predicted octanol–water partition coefficient (Wildman–Crippen LogP) is 1.84. The van der Waals surface area contributed by atoms with E-state index in [-0.39, 0.29) is 17.7 Å². The molecule has 0 bridgehead atoms. The Kier molecular flexibility index (Phi) is 3.00. The highest BCUT2D eigenvalue weighted by Crippen LogP contribution is 2.23. The van der Waals surface area contributed by atoms with E-state index in [0.29, 0.717) is 11.1 Å². The first-order valence-electron chi connectivity index (χ1n) is 4.15. The van der Waals surface area contributed by atoms with Crippen molar-refractivity contribution in [3.05, 3.63) is 38.9 Å². The van der Waals surface area contributed by atoms with Gasteiger partial charge in [-0.05, 0) is 18.6 Å². The molecule has 0 heterocycles. The summed E-state index contributed by atoms with van der Waals surface area (Å²) >= 11 is 0. The molecular weight excluding hydrogens is 194 g/mol. The van der Waals surface area contributed by atoms with Crippen LogP contribution in [0.3, 0.4) is 0 Å². The summed E-state index contributed by atoms with van der Waals surface area (Å²) in [4.78, 5) is 10.1. The Labute approximate surface area is 86.3 Å². The molecule has 0 aliphatic heterocycles. The van der Waals surface area contributed by atoms with Gasteiger partial charge in [0.15, 0.2) is 0 Å². The molecule has 0 aliphatic rings. The molecule has 1 aromatic rings. The van der Waals surface area contributed by atoms with Gasteiger partial charge in [-0.3, -0.25) is 10.1 Å². The molecule has 0 fully saturated rings. The van der Waals surface area contributed by atoms with Gasteiger partial charge in [0.2, 0.25) is 0 Å². The molecule has 0 aromatic heterocycles. The molecule has 0 amide bonds. The third-order valence-electron chi connectivity index (χ3n) is 2.04. The molecule has 0 N–H and O–H groups in total. The largest absolute Gasteiger partial charge is 0.273 e. The molecule has 5 nitrogen and oxygen atoms in total. The van der Waals surface area contributed by atoms with E-state index in [0.717, 1.165) is 0 Å². The highest BCUT2D eigenvalue weighted by atomic mass is 16.6. The summed E-state index contributed by atoms with van der Waals surface area (Å²) < 4.78 is 0. The zero-order valence-electron chi connectivity index (χ0n) is 8.02. The van der Waals surface area contributed by atoms with Crippen LogP contribution >= 0.6 is 0 Å². The van der Waals surface area contributed by atoms with Crippen molar-refractivity contribution in [1.29, 1.82) is 10.5 Å². The third kappa shape index (κ3) is 2.09. The quantitative estimate of drug-likeness (QED) is 0.539. The number of hydrogen-bond donors (Lipinski definition) is 0. The molecule has 1 rings (SSSR count).